The van der Waals surface area contributed by atoms with Crippen molar-refractivity contribution in [2.24, 2.45) is 11.7 Å². The van der Waals surface area contributed by atoms with E-state index in [1.54, 1.807) is 0 Å². The second-order valence-electron chi connectivity index (χ2n) is 4.18. The zero-order valence-corrected chi connectivity index (χ0v) is 10.4. The molecule has 1 saturated carbocycles. The Morgan fingerprint density at radius 2 is 2.21 bits per heavy atom. The van der Waals surface area contributed by atoms with Gasteiger partial charge < -0.3 is 5.73 Å². The molecule has 0 saturated heterocycles. The number of hydrogen-bond acceptors (Lipinski definition) is 1. The van der Waals surface area contributed by atoms with Gasteiger partial charge in [0.25, 0.3) is 0 Å². The van der Waals surface area contributed by atoms with E-state index in [1.807, 2.05) is 0 Å². The molecule has 0 spiro atoms. The fourth-order valence-electron chi connectivity index (χ4n) is 1.73. The van der Waals surface area contributed by atoms with Crippen LogP contribution in [0.2, 0.25) is 0 Å². The fourth-order valence-corrected chi connectivity index (χ4v) is 2.29. The molecule has 1 aromatic carbocycles. The van der Waals surface area contributed by atoms with E-state index in [-0.39, 0.29) is 6.04 Å². The average Bonchev–Trinajstić information content (AvgIpc) is 2.97. The van der Waals surface area contributed by atoms with Gasteiger partial charge in [-0.05, 0) is 59.0 Å². The van der Waals surface area contributed by atoms with Gasteiger partial charge in [0.15, 0.2) is 0 Å². The zero-order chi connectivity index (χ0) is 9.97. The zero-order valence-electron chi connectivity index (χ0n) is 8.25. The largest absolute Gasteiger partial charge is 0.324 e. The lowest BCUT2D eigenvalue weighted by molar-refractivity contribution is 0.575. The second kappa shape index (κ2) is 4.62. The van der Waals surface area contributed by atoms with Crippen molar-refractivity contribution in [2.45, 2.75) is 31.7 Å². The van der Waals surface area contributed by atoms with E-state index >= 15 is 0 Å². The first-order valence-electron chi connectivity index (χ1n) is 5.27. The Labute approximate surface area is 99.2 Å². The van der Waals surface area contributed by atoms with Crippen molar-refractivity contribution in [3.63, 3.8) is 0 Å². The summed E-state index contributed by atoms with van der Waals surface area (Å²) in [4.78, 5) is 0. The molecule has 2 rings (SSSR count). The molecule has 0 heterocycles. The van der Waals surface area contributed by atoms with Gasteiger partial charge >= 0.3 is 0 Å². The number of halogens is 1. The van der Waals surface area contributed by atoms with Crippen molar-refractivity contribution in [1.29, 1.82) is 0 Å². The molecule has 1 nitrogen and oxygen atoms in total. The molecule has 0 radical (unpaired) electrons. The van der Waals surface area contributed by atoms with Gasteiger partial charge in [0.1, 0.15) is 0 Å². The maximum Gasteiger partial charge on any atom is 0.0295 e. The van der Waals surface area contributed by atoms with Gasteiger partial charge in [0.2, 0.25) is 0 Å². The van der Waals surface area contributed by atoms with Gasteiger partial charge in [-0.15, -0.1) is 0 Å². The summed E-state index contributed by atoms with van der Waals surface area (Å²) in [5.74, 6) is 0.990. The van der Waals surface area contributed by atoms with Crippen LogP contribution in [0.15, 0.2) is 24.3 Å². The summed E-state index contributed by atoms with van der Waals surface area (Å²) in [6.07, 6.45) is 5.31. The summed E-state index contributed by atoms with van der Waals surface area (Å²) in [6, 6.07) is 8.77. The summed E-state index contributed by atoms with van der Waals surface area (Å²) >= 11 is 2.34. The van der Waals surface area contributed by atoms with Gasteiger partial charge in [0.05, 0.1) is 0 Å². The molecular formula is C12H16IN. The molecule has 2 heteroatoms. The van der Waals surface area contributed by atoms with E-state index in [0.717, 1.165) is 12.3 Å². The third kappa shape index (κ3) is 2.95. The van der Waals surface area contributed by atoms with Crippen molar-refractivity contribution < 1.29 is 0 Å². The summed E-state index contributed by atoms with van der Waals surface area (Å²) < 4.78 is 1.28. The van der Waals surface area contributed by atoms with E-state index in [2.05, 4.69) is 46.9 Å². The number of benzene rings is 1. The van der Waals surface area contributed by atoms with Crippen LogP contribution >= 0.6 is 22.6 Å². The quantitative estimate of drug-likeness (QED) is 0.847. The first-order valence-corrected chi connectivity index (χ1v) is 6.34. The monoisotopic (exact) mass is 301 g/mol. The van der Waals surface area contributed by atoms with Crippen LogP contribution in [0.5, 0.6) is 0 Å². The van der Waals surface area contributed by atoms with Crippen molar-refractivity contribution in [1.82, 2.24) is 0 Å². The normalized spacial score (nSPS) is 18.1. The molecule has 0 aromatic heterocycles. The molecule has 1 atom stereocenters. The van der Waals surface area contributed by atoms with Gasteiger partial charge in [-0.3, -0.25) is 0 Å². The van der Waals surface area contributed by atoms with Crippen molar-refractivity contribution in [2.75, 3.05) is 0 Å². The Hall–Kier alpha value is -0.0900. The minimum absolute atomic E-state index is 0.241. The van der Waals surface area contributed by atoms with E-state index in [1.165, 1.54) is 28.4 Å². The molecule has 76 valence electrons. The van der Waals surface area contributed by atoms with Crippen molar-refractivity contribution in [3.05, 3.63) is 33.4 Å². The molecule has 1 aliphatic carbocycles. The summed E-state index contributed by atoms with van der Waals surface area (Å²) in [7, 11) is 0. The minimum atomic E-state index is 0.241. The molecule has 1 fully saturated rings. The first-order chi connectivity index (χ1) is 6.75. The lowest BCUT2D eigenvalue weighted by atomic mass is 10.0. The lowest BCUT2D eigenvalue weighted by Crippen LogP contribution is -2.10. The van der Waals surface area contributed by atoms with Crippen LogP contribution in [0.3, 0.4) is 0 Å². The topological polar surface area (TPSA) is 26.0 Å². The minimum Gasteiger partial charge on any atom is -0.324 e. The number of hydrogen-bond donors (Lipinski definition) is 1. The van der Waals surface area contributed by atoms with E-state index in [0.29, 0.717) is 0 Å². The third-order valence-electron chi connectivity index (χ3n) is 2.86. The lowest BCUT2D eigenvalue weighted by Gasteiger charge is -2.11. The van der Waals surface area contributed by atoms with Crippen LogP contribution in [0, 0.1) is 9.49 Å². The van der Waals surface area contributed by atoms with E-state index in [9.17, 15) is 0 Å². The molecule has 0 aliphatic heterocycles. The highest BCUT2D eigenvalue weighted by atomic mass is 127. The van der Waals surface area contributed by atoms with Gasteiger partial charge in [0, 0.05) is 9.61 Å². The smallest absolute Gasteiger partial charge is 0.0295 e. The first kappa shape index (κ1) is 10.4. The van der Waals surface area contributed by atoms with Crippen molar-refractivity contribution >= 4 is 22.6 Å². The van der Waals surface area contributed by atoms with Crippen LogP contribution < -0.4 is 5.73 Å². The predicted octanol–water partition coefficient (Wildman–Crippen LogP) is 3.48. The molecule has 1 unspecified atom stereocenters. The summed E-state index contributed by atoms with van der Waals surface area (Å²) in [5, 5.41) is 0. The van der Waals surface area contributed by atoms with E-state index < -0.39 is 0 Å². The molecule has 14 heavy (non-hydrogen) atoms. The maximum absolute atomic E-state index is 6.14. The van der Waals surface area contributed by atoms with Gasteiger partial charge in [-0.25, -0.2) is 0 Å². The Morgan fingerprint density at radius 1 is 1.43 bits per heavy atom. The van der Waals surface area contributed by atoms with Crippen LogP contribution in [0.1, 0.15) is 37.3 Å². The van der Waals surface area contributed by atoms with E-state index in [4.69, 9.17) is 5.73 Å². The number of nitrogens with two attached hydrogens (primary N) is 1. The van der Waals surface area contributed by atoms with Crippen LogP contribution in [0.4, 0.5) is 0 Å². The van der Waals surface area contributed by atoms with Gasteiger partial charge in [-0.1, -0.05) is 25.0 Å². The SMILES string of the molecule is NC(CCC1CC1)c1cccc(I)c1. The maximum atomic E-state index is 6.14. The van der Waals surface area contributed by atoms with Crippen molar-refractivity contribution in [3.8, 4) is 0 Å². The average molecular weight is 301 g/mol. The fraction of sp³-hybridized carbons (Fsp3) is 0.500. The van der Waals surface area contributed by atoms with Gasteiger partial charge in [-0.2, -0.15) is 0 Å². The Kier molecular flexibility index (Phi) is 3.44. The molecule has 1 aliphatic rings. The molecule has 0 bridgehead atoms. The molecule has 0 amide bonds. The van der Waals surface area contributed by atoms with Crippen LogP contribution in [-0.2, 0) is 0 Å². The van der Waals surface area contributed by atoms with Crippen LogP contribution in [0.25, 0.3) is 0 Å². The standard InChI is InChI=1S/C12H16IN/c13-11-3-1-2-10(8-11)12(14)7-6-9-4-5-9/h1-3,8-9,12H,4-7,14H2. The van der Waals surface area contributed by atoms with Crippen LogP contribution in [-0.4, -0.2) is 0 Å². The highest BCUT2D eigenvalue weighted by Crippen LogP contribution is 2.35. The molecule has 1 aromatic rings. The predicted molar refractivity (Wildman–Crippen MR) is 68.0 cm³/mol. The highest BCUT2D eigenvalue weighted by molar-refractivity contribution is 14.1. The Morgan fingerprint density at radius 3 is 2.86 bits per heavy atom. The second-order valence-corrected chi connectivity index (χ2v) is 5.43. The Bertz CT molecular complexity index is 307. The highest BCUT2D eigenvalue weighted by Gasteiger charge is 2.21. The molecular weight excluding hydrogens is 285 g/mol. The molecule has 2 N–H and O–H groups in total. The Balaban J connectivity index is 1.91. The third-order valence-corrected chi connectivity index (χ3v) is 3.53. The summed E-state index contributed by atoms with van der Waals surface area (Å²) in [5.41, 5.74) is 7.43. The summed E-state index contributed by atoms with van der Waals surface area (Å²) in [6.45, 7) is 0. The number of rotatable bonds is 4.